The molecule has 0 aliphatic carbocycles. The van der Waals surface area contributed by atoms with Crippen LogP contribution in [0.4, 0.5) is 0 Å². The molecule has 0 saturated carbocycles. The Bertz CT molecular complexity index is 399. The quantitative estimate of drug-likeness (QED) is 0.512. The minimum absolute atomic E-state index is 0.0977. The number of methoxy groups -OCH3 is 1. The highest BCUT2D eigenvalue weighted by Crippen LogP contribution is 2.18. The highest BCUT2D eigenvalue weighted by molar-refractivity contribution is 8.00. The van der Waals surface area contributed by atoms with Gasteiger partial charge in [0.05, 0.1) is 12.4 Å². The van der Waals surface area contributed by atoms with Gasteiger partial charge in [0.15, 0.2) is 0 Å². The zero-order valence-electron chi connectivity index (χ0n) is 12.3. The fourth-order valence-electron chi connectivity index (χ4n) is 1.62. The van der Waals surface area contributed by atoms with Crippen molar-refractivity contribution in [2.45, 2.75) is 24.8 Å². The van der Waals surface area contributed by atoms with E-state index in [0.717, 1.165) is 31.0 Å². The van der Waals surface area contributed by atoms with Gasteiger partial charge in [0.25, 0.3) is 0 Å². The minimum atomic E-state index is 0.0977. The normalized spacial score (nSPS) is 10.5. The molecule has 0 fully saturated rings. The van der Waals surface area contributed by atoms with Gasteiger partial charge in [-0.1, -0.05) is 19.1 Å². The number of thioether (sulfide) groups is 1. The third kappa shape index (κ3) is 7.53. The molecule has 112 valence electrons. The summed E-state index contributed by atoms with van der Waals surface area (Å²) >= 11 is 1.57. The fraction of sp³-hybridized carbons (Fsp3) is 0.533. The zero-order valence-corrected chi connectivity index (χ0v) is 13.1. The second-order valence-corrected chi connectivity index (χ2v) is 5.50. The number of amides is 1. The van der Waals surface area contributed by atoms with Crippen LogP contribution in [0.1, 0.15) is 18.9 Å². The van der Waals surface area contributed by atoms with Gasteiger partial charge in [0.1, 0.15) is 0 Å². The highest BCUT2D eigenvalue weighted by Gasteiger charge is 2.02. The first kappa shape index (κ1) is 17.0. The summed E-state index contributed by atoms with van der Waals surface area (Å²) in [5, 5.41) is 6.19. The lowest BCUT2D eigenvalue weighted by molar-refractivity contribution is -0.118. The van der Waals surface area contributed by atoms with Gasteiger partial charge in [-0.3, -0.25) is 4.79 Å². The molecule has 0 saturated heterocycles. The van der Waals surface area contributed by atoms with Gasteiger partial charge >= 0.3 is 0 Å². The van der Waals surface area contributed by atoms with E-state index in [1.165, 1.54) is 5.56 Å². The Labute approximate surface area is 125 Å². The van der Waals surface area contributed by atoms with Crippen LogP contribution in [0.15, 0.2) is 29.2 Å². The van der Waals surface area contributed by atoms with E-state index in [9.17, 15) is 4.79 Å². The van der Waals surface area contributed by atoms with Crippen molar-refractivity contribution in [1.29, 1.82) is 0 Å². The molecule has 1 aromatic carbocycles. The average Bonchev–Trinajstić information content (AvgIpc) is 2.48. The Hall–Kier alpha value is -1.04. The van der Waals surface area contributed by atoms with Crippen molar-refractivity contribution in [3.63, 3.8) is 0 Å². The molecule has 0 heterocycles. The van der Waals surface area contributed by atoms with Crippen LogP contribution in [0.25, 0.3) is 0 Å². The Kier molecular flexibility index (Phi) is 9.11. The van der Waals surface area contributed by atoms with Crippen molar-refractivity contribution in [2.24, 2.45) is 0 Å². The molecule has 0 spiro atoms. The molecule has 20 heavy (non-hydrogen) atoms. The highest BCUT2D eigenvalue weighted by atomic mass is 32.2. The van der Waals surface area contributed by atoms with Crippen LogP contribution in [-0.2, 0) is 16.1 Å². The third-order valence-electron chi connectivity index (χ3n) is 2.65. The molecule has 0 radical (unpaired) electrons. The van der Waals surface area contributed by atoms with Crippen LogP contribution < -0.4 is 10.6 Å². The third-order valence-corrected chi connectivity index (χ3v) is 3.65. The molecule has 0 aliphatic rings. The smallest absolute Gasteiger partial charge is 0.230 e. The largest absolute Gasteiger partial charge is 0.383 e. The molecule has 1 aromatic rings. The van der Waals surface area contributed by atoms with Gasteiger partial charge in [-0.25, -0.2) is 0 Å². The first-order chi connectivity index (χ1) is 9.76. The molecule has 0 aliphatic heterocycles. The van der Waals surface area contributed by atoms with E-state index in [0.29, 0.717) is 12.4 Å². The molecule has 1 rings (SSSR count). The number of hydrogen-bond donors (Lipinski definition) is 2. The molecule has 0 unspecified atom stereocenters. The Morgan fingerprint density at radius 3 is 2.95 bits per heavy atom. The van der Waals surface area contributed by atoms with Crippen LogP contribution in [0, 0.1) is 0 Å². The van der Waals surface area contributed by atoms with Crippen molar-refractivity contribution in [1.82, 2.24) is 10.6 Å². The van der Waals surface area contributed by atoms with E-state index >= 15 is 0 Å². The second-order valence-electron chi connectivity index (χ2n) is 4.46. The summed E-state index contributed by atoms with van der Waals surface area (Å²) in [5.74, 6) is 0.570. The molecule has 0 aromatic heterocycles. The van der Waals surface area contributed by atoms with Crippen molar-refractivity contribution in [2.75, 3.05) is 32.6 Å². The van der Waals surface area contributed by atoms with E-state index in [1.54, 1.807) is 18.9 Å². The first-order valence-corrected chi connectivity index (χ1v) is 7.93. The average molecular weight is 296 g/mol. The van der Waals surface area contributed by atoms with Gasteiger partial charge in [0.2, 0.25) is 5.91 Å². The maximum absolute atomic E-state index is 11.5. The first-order valence-electron chi connectivity index (χ1n) is 6.94. The van der Waals surface area contributed by atoms with Crippen molar-refractivity contribution >= 4 is 17.7 Å². The minimum Gasteiger partial charge on any atom is -0.383 e. The number of ether oxygens (including phenoxy) is 1. The summed E-state index contributed by atoms with van der Waals surface area (Å²) < 4.78 is 4.99. The predicted octanol–water partition coefficient (Wildman–Crippen LogP) is 2.04. The summed E-state index contributed by atoms with van der Waals surface area (Å²) in [5.41, 5.74) is 1.22. The lowest BCUT2D eigenvalue weighted by Crippen LogP contribution is -2.25. The van der Waals surface area contributed by atoms with Crippen LogP contribution >= 0.6 is 11.8 Å². The molecule has 0 bridgehead atoms. The summed E-state index contributed by atoms with van der Waals surface area (Å²) in [4.78, 5) is 12.7. The molecule has 5 heteroatoms. The van der Waals surface area contributed by atoms with Crippen molar-refractivity contribution in [3.8, 4) is 0 Å². The molecule has 2 N–H and O–H groups in total. The number of carbonyl (C=O) groups is 1. The van der Waals surface area contributed by atoms with E-state index in [2.05, 4.69) is 22.8 Å². The Morgan fingerprint density at radius 2 is 2.20 bits per heavy atom. The molecular formula is C15H24N2O2S. The number of carbonyl (C=O) groups excluding carboxylic acids is 1. The fourth-order valence-corrected chi connectivity index (χ4v) is 2.43. The number of rotatable bonds is 10. The zero-order chi connectivity index (χ0) is 14.6. The second kappa shape index (κ2) is 10.7. The predicted molar refractivity (Wildman–Crippen MR) is 84.0 cm³/mol. The number of benzene rings is 1. The lowest BCUT2D eigenvalue weighted by atomic mass is 10.2. The maximum Gasteiger partial charge on any atom is 0.230 e. The summed E-state index contributed by atoms with van der Waals surface area (Å²) in [6.45, 7) is 5.18. The van der Waals surface area contributed by atoms with Crippen LogP contribution in [0.3, 0.4) is 0 Å². The van der Waals surface area contributed by atoms with Crippen LogP contribution in [-0.4, -0.2) is 38.5 Å². The maximum atomic E-state index is 11.5. The van der Waals surface area contributed by atoms with Gasteiger partial charge in [-0.2, -0.15) is 0 Å². The van der Waals surface area contributed by atoms with Crippen LogP contribution in [0.2, 0.25) is 0 Å². The topological polar surface area (TPSA) is 50.4 Å². The van der Waals surface area contributed by atoms with E-state index in [1.807, 2.05) is 19.1 Å². The standard InChI is InChI=1S/C15H24N2O2S/c1-3-7-17-15(18)12-20-14-6-4-5-13(10-14)11-16-8-9-19-2/h4-6,10,16H,3,7-9,11-12H2,1-2H3,(H,17,18). The number of hydrogen-bond acceptors (Lipinski definition) is 4. The molecule has 1 amide bonds. The summed E-state index contributed by atoms with van der Waals surface area (Å²) in [6.07, 6.45) is 0.971. The molecule has 4 nitrogen and oxygen atoms in total. The van der Waals surface area contributed by atoms with Gasteiger partial charge in [0, 0.05) is 31.6 Å². The van der Waals surface area contributed by atoms with E-state index in [4.69, 9.17) is 4.74 Å². The van der Waals surface area contributed by atoms with Gasteiger partial charge < -0.3 is 15.4 Å². The Morgan fingerprint density at radius 1 is 1.35 bits per heavy atom. The van der Waals surface area contributed by atoms with Gasteiger partial charge in [-0.15, -0.1) is 11.8 Å². The van der Waals surface area contributed by atoms with Crippen LogP contribution in [0.5, 0.6) is 0 Å². The number of nitrogens with one attached hydrogen (secondary N) is 2. The molecular weight excluding hydrogens is 272 g/mol. The van der Waals surface area contributed by atoms with Crippen molar-refractivity contribution < 1.29 is 9.53 Å². The van der Waals surface area contributed by atoms with Crippen molar-refractivity contribution in [3.05, 3.63) is 29.8 Å². The molecule has 0 atom stereocenters. The van der Waals surface area contributed by atoms with E-state index < -0.39 is 0 Å². The van der Waals surface area contributed by atoms with Gasteiger partial charge in [-0.05, 0) is 24.1 Å². The van der Waals surface area contributed by atoms with E-state index in [-0.39, 0.29) is 5.91 Å². The SMILES string of the molecule is CCCNC(=O)CSc1cccc(CNCCOC)c1. The monoisotopic (exact) mass is 296 g/mol. The summed E-state index contributed by atoms with van der Waals surface area (Å²) in [6, 6.07) is 8.27. The Balaban J connectivity index is 2.33. The lowest BCUT2D eigenvalue weighted by Gasteiger charge is -2.07. The summed E-state index contributed by atoms with van der Waals surface area (Å²) in [7, 11) is 1.70.